The van der Waals surface area contributed by atoms with Gasteiger partial charge in [-0.25, -0.2) is 0 Å². The van der Waals surface area contributed by atoms with E-state index in [-0.39, 0.29) is 25.0 Å². The standard InChI is InChI=1S/C20H22Cl2N2O3/c1-3-23-20(26)14(2)24(12-15-8-10-16(21)11-9-15)19(25)13-27-18-7-5-4-6-17(18)22/h4-11,14H,3,12-13H2,1-2H3,(H,23,26)/t14-/m1/s1. The molecule has 2 aromatic rings. The molecule has 2 amide bonds. The summed E-state index contributed by atoms with van der Waals surface area (Å²) in [5.74, 6) is -0.120. The number of hydrogen-bond acceptors (Lipinski definition) is 3. The van der Waals surface area contributed by atoms with Gasteiger partial charge < -0.3 is 15.0 Å². The summed E-state index contributed by atoms with van der Waals surface area (Å²) in [6, 6.07) is 13.4. The second kappa shape index (κ2) is 10.2. The quantitative estimate of drug-likeness (QED) is 0.719. The lowest BCUT2D eigenvalue weighted by Gasteiger charge is -2.28. The second-order valence-corrected chi connectivity index (χ2v) is 6.78. The number of nitrogens with one attached hydrogen (secondary N) is 1. The van der Waals surface area contributed by atoms with Crippen molar-refractivity contribution in [2.24, 2.45) is 0 Å². The number of rotatable bonds is 8. The largest absolute Gasteiger partial charge is 0.482 e. The minimum absolute atomic E-state index is 0.221. The van der Waals surface area contributed by atoms with Crippen LogP contribution in [0, 0.1) is 0 Å². The number of ether oxygens (including phenoxy) is 1. The van der Waals surface area contributed by atoms with Crippen molar-refractivity contribution in [1.82, 2.24) is 10.2 Å². The fraction of sp³-hybridized carbons (Fsp3) is 0.300. The molecule has 27 heavy (non-hydrogen) atoms. The topological polar surface area (TPSA) is 58.6 Å². The Balaban J connectivity index is 2.14. The van der Waals surface area contributed by atoms with E-state index < -0.39 is 6.04 Å². The van der Waals surface area contributed by atoms with Gasteiger partial charge in [-0.1, -0.05) is 47.5 Å². The van der Waals surface area contributed by atoms with E-state index in [2.05, 4.69) is 5.32 Å². The maximum absolute atomic E-state index is 12.8. The SMILES string of the molecule is CCNC(=O)[C@@H](C)N(Cc1ccc(Cl)cc1)C(=O)COc1ccccc1Cl. The van der Waals surface area contributed by atoms with Gasteiger partial charge in [0.1, 0.15) is 11.8 Å². The number of carbonyl (C=O) groups excluding carboxylic acids is 2. The lowest BCUT2D eigenvalue weighted by molar-refractivity contribution is -0.142. The molecule has 0 bridgehead atoms. The monoisotopic (exact) mass is 408 g/mol. The van der Waals surface area contributed by atoms with E-state index in [0.717, 1.165) is 5.56 Å². The zero-order valence-corrected chi connectivity index (χ0v) is 16.8. The summed E-state index contributed by atoms with van der Waals surface area (Å²) in [4.78, 5) is 26.6. The first-order valence-electron chi connectivity index (χ1n) is 8.61. The van der Waals surface area contributed by atoms with Crippen molar-refractivity contribution in [3.63, 3.8) is 0 Å². The molecule has 2 rings (SSSR count). The molecule has 0 aliphatic rings. The number of nitrogens with zero attached hydrogens (tertiary/aromatic N) is 1. The van der Waals surface area contributed by atoms with Gasteiger partial charge >= 0.3 is 0 Å². The zero-order valence-electron chi connectivity index (χ0n) is 15.2. The molecule has 0 aliphatic carbocycles. The Morgan fingerprint density at radius 3 is 2.41 bits per heavy atom. The maximum Gasteiger partial charge on any atom is 0.261 e. The number of amides is 2. The molecular formula is C20H22Cl2N2O3. The molecular weight excluding hydrogens is 387 g/mol. The highest BCUT2D eigenvalue weighted by molar-refractivity contribution is 6.32. The average Bonchev–Trinajstić information content (AvgIpc) is 2.66. The van der Waals surface area contributed by atoms with Crippen molar-refractivity contribution in [2.75, 3.05) is 13.2 Å². The molecule has 0 spiro atoms. The summed E-state index contributed by atoms with van der Waals surface area (Å²) in [6.45, 7) is 4.05. The third-order valence-corrected chi connectivity index (χ3v) is 4.54. The van der Waals surface area contributed by atoms with Crippen molar-refractivity contribution in [2.45, 2.75) is 26.4 Å². The summed E-state index contributed by atoms with van der Waals surface area (Å²) in [7, 11) is 0. The molecule has 0 heterocycles. The van der Waals surface area contributed by atoms with E-state index in [4.69, 9.17) is 27.9 Å². The van der Waals surface area contributed by atoms with Crippen LogP contribution in [0.25, 0.3) is 0 Å². The molecule has 5 nitrogen and oxygen atoms in total. The van der Waals surface area contributed by atoms with Crippen molar-refractivity contribution >= 4 is 35.0 Å². The highest BCUT2D eigenvalue weighted by atomic mass is 35.5. The van der Waals surface area contributed by atoms with Gasteiger partial charge in [0.05, 0.1) is 5.02 Å². The maximum atomic E-state index is 12.8. The normalized spacial score (nSPS) is 11.6. The van der Waals surface area contributed by atoms with Crippen LogP contribution in [0.15, 0.2) is 48.5 Å². The van der Waals surface area contributed by atoms with E-state index in [0.29, 0.717) is 22.3 Å². The Hall–Kier alpha value is -2.24. The zero-order chi connectivity index (χ0) is 19.8. The molecule has 0 saturated carbocycles. The van der Waals surface area contributed by atoms with Gasteiger partial charge in [0.25, 0.3) is 5.91 Å². The van der Waals surface area contributed by atoms with E-state index in [1.165, 1.54) is 4.90 Å². The average molecular weight is 409 g/mol. The number of likely N-dealkylation sites (N-methyl/N-ethyl adjacent to an activating group) is 1. The molecule has 2 aromatic carbocycles. The van der Waals surface area contributed by atoms with Crippen LogP contribution in [0.5, 0.6) is 5.75 Å². The van der Waals surface area contributed by atoms with Crippen LogP contribution in [-0.2, 0) is 16.1 Å². The van der Waals surface area contributed by atoms with E-state index in [9.17, 15) is 9.59 Å². The number of benzene rings is 2. The minimum atomic E-state index is -0.650. The Morgan fingerprint density at radius 2 is 1.78 bits per heavy atom. The number of hydrogen-bond donors (Lipinski definition) is 1. The van der Waals surface area contributed by atoms with Crippen molar-refractivity contribution < 1.29 is 14.3 Å². The van der Waals surface area contributed by atoms with Gasteiger partial charge in [-0.05, 0) is 43.7 Å². The lowest BCUT2D eigenvalue weighted by atomic mass is 10.1. The van der Waals surface area contributed by atoms with Gasteiger partial charge in [0, 0.05) is 18.1 Å². The molecule has 0 unspecified atom stereocenters. The number of para-hydroxylation sites is 1. The predicted octanol–water partition coefficient (Wildman–Crippen LogP) is 3.93. The van der Waals surface area contributed by atoms with Gasteiger partial charge in [0.2, 0.25) is 5.91 Å². The Kier molecular flexibility index (Phi) is 7.95. The number of carbonyl (C=O) groups is 2. The first kappa shape index (κ1) is 21.1. The first-order chi connectivity index (χ1) is 12.9. The molecule has 0 saturated heterocycles. The van der Waals surface area contributed by atoms with Gasteiger partial charge in [-0.2, -0.15) is 0 Å². The fourth-order valence-corrected chi connectivity index (χ4v) is 2.79. The van der Waals surface area contributed by atoms with Crippen molar-refractivity contribution in [3.05, 3.63) is 64.1 Å². The molecule has 7 heteroatoms. The molecule has 0 aromatic heterocycles. The van der Waals surface area contributed by atoms with Crippen LogP contribution in [0.2, 0.25) is 10.0 Å². The molecule has 0 radical (unpaired) electrons. The molecule has 1 N–H and O–H groups in total. The highest BCUT2D eigenvalue weighted by Crippen LogP contribution is 2.23. The molecule has 0 aliphatic heterocycles. The van der Waals surface area contributed by atoms with Crippen molar-refractivity contribution in [3.8, 4) is 5.75 Å². The third-order valence-electron chi connectivity index (χ3n) is 3.97. The molecule has 1 atom stereocenters. The minimum Gasteiger partial charge on any atom is -0.482 e. The first-order valence-corrected chi connectivity index (χ1v) is 9.37. The predicted molar refractivity (Wildman–Crippen MR) is 107 cm³/mol. The summed E-state index contributed by atoms with van der Waals surface area (Å²) in [5, 5.41) is 3.77. The summed E-state index contributed by atoms with van der Waals surface area (Å²) in [5.41, 5.74) is 0.863. The van der Waals surface area contributed by atoms with Gasteiger partial charge in [-0.15, -0.1) is 0 Å². The van der Waals surface area contributed by atoms with Crippen LogP contribution in [-0.4, -0.2) is 35.9 Å². The smallest absolute Gasteiger partial charge is 0.261 e. The molecule has 144 valence electrons. The van der Waals surface area contributed by atoms with Crippen LogP contribution in [0.1, 0.15) is 19.4 Å². The van der Waals surface area contributed by atoms with E-state index >= 15 is 0 Å². The van der Waals surface area contributed by atoms with Crippen LogP contribution < -0.4 is 10.1 Å². The van der Waals surface area contributed by atoms with Crippen LogP contribution in [0.4, 0.5) is 0 Å². The Labute approximate surface area is 169 Å². The Bertz CT molecular complexity index is 781. The van der Waals surface area contributed by atoms with Crippen LogP contribution >= 0.6 is 23.2 Å². The molecule has 0 fully saturated rings. The fourth-order valence-electron chi connectivity index (χ4n) is 2.48. The summed E-state index contributed by atoms with van der Waals surface area (Å²) < 4.78 is 5.55. The van der Waals surface area contributed by atoms with E-state index in [1.54, 1.807) is 43.3 Å². The third kappa shape index (κ3) is 6.15. The number of halogens is 2. The van der Waals surface area contributed by atoms with Crippen LogP contribution in [0.3, 0.4) is 0 Å². The Morgan fingerprint density at radius 1 is 1.11 bits per heavy atom. The highest BCUT2D eigenvalue weighted by Gasteiger charge is 2.26. The second-order valence-electron chi connectivity index (χ2n) is 5.94. The summed E-state index contributed by atoms with van der Waals surface area (Å²) >= 11 is 12.0. The van der Waals surface area contributed by atoms with Gasteiger partial charge in [-0.3, -0.25) is 9.59 Å². The van der Waals surface area contributed by atoms with Crippen molar-refractivity contribution in [1.29, 1.82) is 0 Å². The summed E-state index contributed by atoms with van der Waals surface area (Å²) in [6.07, 6.45) is 0. The lowest BCUT2D eigenvalue weighted by Crippen LogP contribution is -2.49. The van der Waals surface area contributed by atoms with E-state index in [1.807, 2.05) is 19.1 Å². The van der Waals surface area contributed by atoms with Gasteiger partial charge in [0.15, 0.2) is 6.61 Å².